The zero-order valence-corrected chi connectivity index (χ0v) is 12.9. The first-order chi connectivity index (χ1) is 11.0. The molecule has 4 rings (SSSR count). The minimum absolute atomic E-state index is 0.0852. The van der Waals surface area contributed by atoms with Crippen LogP contribution in [0.4, 0.5) is 0 Å². The van der Waals surface area contributed by atoms with E-state index in [-0.39, 0.29) is 17.3 Å². The number of dihydropyridines is 1. The molecule has 5 nitrogen and oxygen atoms in total. The Balaban J connectivity index is 2.10. The quantitative estimate of drug-likeness (QED) is 0.880. The van der Waals surface area contributed by atoms with Gasteiger partial charge in [-0.15, -0.1) is 0 Å². The molecule has 1 aromatic carbocycles. The van der Waals surface area contributed by atoms with Crippen molar-refractivity contribution < 1.29 is 14.7 Å². The normalized spacial score (nSPS) is 23.0. The summed E-state index contributed by atoms with van der Waals surface area (Å²) in [5.74, 6) is -0.646. The number of aliphatic imine (C=N–C) groups is 1. The molecule has 116 valence electrons. The summed E-state index contributed by atoms with van der Waals surface area (Å²) in [5, 5.41) is 10.4. The standard InChI is InChI=1S/C18H16N2O3/c1-3-20-12-5-4-10(21)8-11(12)14-16(20)18(23)15-13(17(14)22)9(2)6-7-19-15/h4-8,13,15,21H,3H2,1-2H3. The van der Waals surface area contributed by atoms with Gasteiger partial charge in [-0.25, -0.2) is 0 Å². The lowest BCUT2D eigenvalue weighted by Gasteiger charge is -2.30. The number of hydrogen-bond acceptors (Lipinski definition) is 4. The topological polar surface area (TPSA) is 71.7 Å². The minimum Gasteiger partial charge on any atom is -0.508 e. The van der Waals surface area contributed by atoms with Crippen LogP contribution >= 0.6 is 0 Å². The van der Waals surface area contributed by atoms with Crippen LogP contribution in [0.1, 0.15) is 34.7 Å². The summed E-state index contributed by atoms with van der Waals surface area (Å²) in [6.45, 7) is 4.37. The van der Waals surface area contributed by atoms with Crippen LogP contribution in [-0.2, 0) is 6.54 Å². The second kappa shape index (κ2) is 4.65. The lowest BCUT2D eigenvalue weighted by Crippen LogP contribution is -2.42. The van der Waals surface area contributed by atoms with Crippen molar-refractivity contribution in [2.75, 3.05) is 0 Å². The Bertz CT molecular complexity index is 933. The van der Waals surface area contributed by atoms with Crippen molar-refractivity contribution >= 4 is 28.7 Å². The zero-order valence-electron chi connectivity index (χ0n) is 12.9. The Kier molecular flexibility index (Phi) is 2.82. The number of aromatic nitrogens is 1. The van der Waals surface area contributed by atoms with E-state index in [0.29, 0.717) is 23.2 Å². The number of carbonyl (C=O) groups excluding carboxylic acids is 2. The van der Waals surface area contributed by atoms with Gasteiger partial charge in [0.25, 0.3) is 0 Å². The molecule has 0 saturated heterocycles. The molecule has 1 aliphatic heterocycles. The number of hydrogen-bond donors (Lipinski definition) is 1. The van der Waals surface area contributed by atoms with Crippen molar-refractivity contribution in [1.29, 1.82) is 0 Å². The summed E-state index contributed by atoms with van der Waals surface area (Å²) >= 11 is 0. The van der Waals surface area contributed by atoms with E-state index < -0.39 is 12.0 Å². The Labute approximate surface area is 132 Å². The molecular weight excluding hydrogens is 292 g/mol. The van der Waals surface area contributed by atoms with Crippen LogP contribution in [0.2, 0.25) is 0 Å². The van der Waals surface area contributed by atoms with Crippen molar-refractivity contribution in [1.82, 2.24) is 4.57 Å². The van der Waals surface area contributed by atoms with E-state index in [4.69, 9.17) is 0 Å². The fourth-order valence-corrected chi connectivity index (χ4v) is 3.73. The number of carbonyl (C=O) groups is 2. The number of ketones is 2. The molecule has 1 aromatic heterocycles. The van der Waals surface area contributed by atoms with Crippen molar-refractivity contribution in [3.05, 3.63) is 41.1 Å². The van der Waals surface area contributed by atoms with Crippen molar-refractivity contribution in [3.63, 3.8) is 0 Å². The van der Waals surface area contributed by atoms with E-state index >= 15 is 0 Å². The molecule has 1 aliphatic carbocycles. The number of rotatable bonds is 1. The lowest BCUT2D eigenvalue weighted by molar-refractivity contribution is 0.0813. The maximum atomic E-state index is 13.1. The van der Waals surface area contributed by atoms with Crippen molar-refractivity contribution in [2.45, 2.75) is 26.4 Å². The molecule has 5 heteroatoms. The number of phenolic OH excluding ortho intramolecular Hbond substituents is 1. The molecular formula is C18H16N2O3. The molecule has 2 atom stereocenters. The first-order valence-electron chi connectivity index (χ1n) is 7.68. The van der Waals surface area contributed by atoms with E-state index in [2.05, 4.69) is 4.99 Å². The summed E-state index contributed by atoms with van der Waals surface area (Å²) in [4.78, 5) is 30.4. The Morgan fingerprint density at radius 2 is 2.04 bits per heavy atom. The van der Waals surface area contributed by atoms with Crippen LogP contribution in [0.15, 0.2) is 34.8 Å². The molecule has 23 heavy (non-hydrogen) atoms. The van der Waals surface area contributed by atoms with Crippen molar-refractivity contribution in [2.24, 2.45) is 10.9 Å². The number of allylic oxidation sites excluding steroid dienone is 1. The molecule has 2 aromatic rings. The zero-order chi connectivity index (χ0) is 16.3. The van der Waals surface area contributed by atoms with Gasteiger partial charge >= 0.3 is 0 Å². The second-order valence-electron chi connectivity index (χ2n) is 6.03. The first kappa shape index (κ1) is 13.9. The van der Waals surface area contributed by atoms with E-state index in [1.807, 2.05) is 18.4 Å². The molecule has 2 aliphatic rings. The van der Waals surface area contributed by atoms with Gasteiger partial charge in [-0.3, -0.25) is 14.6 Å². The monoisotopic (exact) mass is 308 g/mol. The molecule has 2 unspecified atom stereocenters. The van der Waals surface area contributed by atoms with Gasteiger partial charge in [0.2, 0.25) is 5.78 Å². The molecule has 1 N–H and O–H groups in total. The van der Waals surface area contributed by atoms with E-state index in [1.54, 1.807) is 30.5 Å². The average molecular weight is 308 g/mol. The molecule has 0 fully saturated rings. The fraction of sp³-hybridized carbons (Fsp3) is 0.278. The van der Waals surface area contributed by atoms with Crippen LogP contribution in [0, 0.1) is 5.92 Å². The second-order valence-corrected chi connectivity index (χ2v) is 6.03. The van der Waals surface area contributed by atoms with Gasteiger partial charge in [0.05, 0.1) is 17.2 Å². The third-order valence-corrected chi connectivity index (χ3v) is 4.78. The summed E-state index contributed by atoms with van der Waals surface area (Å²) < 4.78 is 1.85. The molecule has 0 radical (unpaired) electrons. The van der Waals surface area contributed by atoms with Crippen LogP contribution < -0.4 is 0 Å². The van der Waals surface area contributed by atoms with E-state index in [1.165, 1.54) is 0 Å². The largest absolute Gasteiger partial charge is 0.508 e. The summed E-state index contributed by atoms with van der Waals surface area (Å²) in [6, 6.07) is 4.23. The third kappa shape index (κ3) is 1.70. The number of fused-ring (bicyclic) bond motifs is 4. The summed E-state index contributed by atoms with van der Waals surface area (Å²) in [6.07, 6.45) is 3.39. The van der Waals surface area contributed by atoms with Gasteiger partial charge in [-0.05, 0) is 38.1 Å². The van der Waals surface area contributed by atoms with Crippen LogP contribution in [0.25, 0.3) is 10.9 Å². The van der Waals surface area contributed by atoms with Gasteiger partial charge < -0.3 is 9.67 Å². The lowest BCUT2D eigenvalue weighted by atomic mass is 9.76. The van der Waals surface area contributed by atoms with Crippen LogP contribution in [0.3, 0.4) is 0 Å². The smallest absolute Gasteiger partial charge is 0.205 e. The predicted octanol–water partition coefficient (Wildman–Crippen LogP) is 2.76. The number of phenols is 1. The SMILES string of the molecule is CCn1c2c(c3cc(O)ccc31)C(=O)C1C(C)=CC=NC1C2=O. The predicted molar refractivity (Wildman–Crippen MR) is 87.5 cm³/mol. The van der Waals surface area contributed by atoms with E-state index in [9.17, 15) is 14.7 Å². The maximum absolute atomic E-state index is 13.1. The van der Waals surface area contributed by atoms with Gasteiger partial charge in [0.15, 0.2) is 5.78 Å². The summed E-state index contributed by atoms with van der Waals surface area (Å²) in [5.41, 5.74) is 2.49. The Morgan fingerprint density at radius 3 is 2.78 bits per heavy atom. The highest BCUT2D eigenvalue weighted by molar-refractivity contribution is 6.24. The minimum atomic E-state index is -0.664. The average Bonchev–Trinajstić information content (AvgIpc) is 2.86. The molecule has 0 bridgehead atoms. The highest BCUT2D eigenvalue weighted by atomic mass is 16.3. The first-order valence-corrected chi connectivity index (χ1v) is 7.68. The third-order valence-electron chi connectivity index (χ3n) is 4.78. The number of aryl methyl sites for hydroxylation is 1. The van der Waals surface area contributed by atoms with Gasteiger partial charge in [0, 0.05) is 23.7 Å². The highest BCUT2D eigenvalue weighted by Gasteiger charge is 2.46. The molecule has 2 heterocycles. The van der Waals surface area contributed by atoms with Crippen LogP contribution in [-0.4, -0.2) is 33.5 Å². The van der Waals surface area contributed by atoms with Gasteiger partial charge in [-0.1, -0.05) is 5.57 Å². The Hall–Kier alpha value is -2.69. The maximum Gasteiger partial charge on any atom is 0.205 e. The van der Waals surface area contributed by atoms with E-state index in [0.717, 1.165) is 11.1 Å². The number of Topliss-reactive ketones (excluding diaryl/α,β-unsaturated/α-hetero) is 2. The molecule has 0 saturated carbocycles. The highest BCUT2D eigenvalue weighted by Crippen LogP contribution is 2.39. The van der Waals surface area contributed by atoms with Crippen molar-refractivity contribution in [3.8, 4) is 5.75 Å². The Morgan fingerprint density at radius 1 is 1.26 bits per heavy atom. The summed E-state index contributed by atoms with van der Waals surface area (Å²) in [7, 11) is 0. The number of aromatic hydroxyl groups is 1. The fourth-order valence-electron chi connectivity index (χ4n) is 3.73. The number of benzene rings is 1. The van der Waals surface area contributed by atoms with Crippen LogP contribution in [0.5, 0.6) is 5.75 Å². The molecule has 0 spiro atoms. The molecule has 0 amide bonds. The number of nitrogens with zero attached hydrogens (tertiary/aromatic N) is 2. The van der Waals surface area contributed by atoms with Gasteiger partial charge in [-0.2, -0.15) is 0 Å². The van der Waals surface area contributed by atoms with Gasteiger partial charge in [0.1, 0.15) is 11.8 Å².